The minimum atomic E-state index is -3.41. The number of aliphatic hydroxyl groups excluding tert-OH is 1. The lowest BCUT2D eigenvalue weighted by atomic mass is 10.1. The first-order chi connectivity index (χ1) is 10.0. The normalized spacial score (nSPS) is 13.4. The van der Waals surface area contributed by atoms with Crippen LogP contribution >= 0.6 is 0 Å². The van der Waals surface area contributed by atoms with Crippen molar-refractivity contribution in [3.05, 3.63) is 42.1 Å². The van der Waals surface area contributed by atoms with Crippen LogP contribution in [0.5, 0.6) is 0 Å². The highest BCUT2D eigenvalue weighted by Crippen LogP contribution is 2.18. The molecule has 0 saturated heterocycles. The number of sulfonamides is 1. The number of hydrogen-bond donors (Lipinski definition) is 2. The summed E-state index contributed by atoms with van der Waals surface area (Å²) in [7, 11) is -3.41. The third kappa shape index (κ3) is 4.49. The van der Waals surface area contributed by atoms with Gasteiger partial charge in [-0.25, -0.2) is 13.1 Å². The van der Waals surface area contributed by atoms with Gasteiger partial charge in [-0.05, 0) is 24.0 Å². The average molecular weight is 308 g/mol. The van der Waals surface area contributed by atoms with Crippen LogP contribution in [0, 0.1) is 5.92 Å². The summed E-state index contributed by atoms with van der Waals surface area (Å²) in [5.74, 6) is 0.0168. The molecule has 0 saturated carbocycles. The highest BCUT2D eigenvalue weighted by atomic mass is 32.2. The predicted molar refractivity (Wildman–Crippen MR) is 83.2 cm³/mol. The standard InChI is InChI=1S/C15H20N2O3S/c1-12(7-9-18)10-17-21(19,20)11-14-5-2-4-13-6-3-8-16-15(13)14/h2-6,8,12,17-18H,7,9-11H2,1H3. The van der Waals surface area contributed by atoms with E-state index in [9.17, 15) is 8.42 Å². The summed E-state index contributed by atoms with van der Waals surface area (Å²) < 4.78 is 26.9. The molecular formula is C15H20N2O3S. The number of hydrogen-bond acceptors (Lipinski definition) is 4. The van der Waals surface area contributed by atoms with E-state index in [0.29, 0.717) is 24.0 Å². The smallest absolute Gasteiger partial charge is 0.215 e. The molecule has 1 aromatic heterocycles. The molecule has 0 aliphatic rings. The highest BCUT2D eigenvalue weighted by Gasteiger charge is 2.15. The Morgan fingerprint density at radius 2 is 2.05 bits per heavy atom. The third-order valence-corrected chi connectivity index (χ3v) is 4.63. The second-order valence-corrected chi connectivity index (χ2v) is 7.02. The number of nitrogens with zero attached hydrogens (tertiary/aromatic N) is 1. The van der Waals surface area contributed by atoms with Crippen LogP contribution in [0.3, 0.4) is 0 Å². The monoisotopic (exact) mass is 308 g/mol. The van der Waals surface area contributed by atoms with Crippen LogP contribution in [0.25, 0.3) is 10.9 Å². The second kappa shape index (κ2) is 6.98. The molecule has 0 radical (unpaired) electrons. The van der Waals surface area contributed by atoms with E-state index in [4.69, 9.17) is 5.11 Å². The summed E-state index contributed by atoms with van der Waals surface area (Å²) in [5.41, 5.74) is 1.41. The van der Waals surface area contributed by atoms with E-state index in [1.54, 1.807) is 12.3 Å². The van der Waals surface area contributed by atoms with Crippen LogP contribution in [-0.4, -0.2) is 31.7 Å². The number of nitrogens with one attached hydrogen (secondary N) is 1. The van der Waals surface area contributed by atoms with Gasteiger partial charge in [0.25, 0.3) is 0 Å². The summed E-state index contributed by atoms with van der Waals surface area (Å²) in [5, 5.41) is 9.76. The van der Waals surface area contributed by atoms with Crippen LogP contribution in [0.2, 0.25) is 0 Å². The van der Waals surface area contributed by atoms with Gasteiger partial charge in [-0.3, -0.25) is 4.98 Å². The molecule has 2 rings (SSSR count). The van der Waals surface area contributed by atoms with E-state index < -0.39 is 10.0 Å². The number of rotatable bonds is 7. The molecule has 1 aromatic carbocycles. The maximum atomic E-state index is 12.2. The lowest BCUT2D eigenvalue weighted by molar-refractivity contribution is 0.263. The fourth-order valence-electron chi connectivity index (χ4n) is 2.13. The Bertz CT molecular complexity index is 696. The van der Waals surface area contributed by atoms with Gasteiger partial charge < -0.3 is 5.11 Å². The maximum absolute atomic E-state index is 12.2. The fourth-order valence-corrected chi connectivity index (χ4v) is 3.41. The van der Waals surface area contributed by atoms with Gasteiger partial charge in [0.05, 0.1) is 11.3 Å². The average Bonchev–Trinajstić information content (AvgIpc) is 2.46. The first-order valence-corrected chi connectivity index (χ1v) is 8.58. The summed E-state index contributed by atoms with van der Waals surface area (Å²) in [6.07, 6.45) is 2.24. The van der Waals surface area contributed by atoms with Gasteiger partial charge in [0.1, 0.15) is 0 Å². The maximum Gasteiger partial charge on any atom is 0.215 e. The van der Waals surface area contributed by atoms with Gasteiger partial charge in [-0.15, -0.1) is 0 Å². The molecule has 0 aliphatic carbocycles. The van der Waals surface area contributed by atoms with Crippen molar-refractivity contribution in [2.75, 3.05) is 13.2 Å². The molecule has 0 spiro atoms. The molecule has 1 atom stereocenters. The molecule has 114 valence electrons. The van der Waals surface area contributed by atoms with Gasteiger partial charge in [0.15, 0.2) is 0 Å². The minimum absolute atomic E-state index is 0.0656. The van der Waals surface area contributed by atoms with Gasteiger partial charge in [0.2, 0.25) is 10.0 Å². The van der Waals surface area contributed by atoms with E-state index >= 15 is 0 Å². The van der Waals surface area contributed by atoms with E-state index in [2.05, 4.69) is 9.71 Å². The molecule has 2 aromatic rings. The zero-order chi connectivity index (χ0) is 15.3. The van der Waals surface area contributed by atoms with E-state index in [1.165, 1.54) is 0 Å². The van der Waals surface area contributed by atoms with E-state index in [0.717, 1.165) is 5.39 Å². The summed E-state index contributed by atoms with van der Waals surface area (Å²) in [6, 6.07) is 9.27. The molecule has 1 unspecified atom stereocenters. The number of pyridine rings is 1. The number of benzene rings is 1. The van der Waals surface area contributed by atoms with Crippen molar-refractivity contribution in [1.82, 2.24) is 9.71 Å². The fraction of sp³-hybridized carbons (Fsp3) is 0.400. The van der Waals surface area contributed by atoms with Crippen molar-refractivity contribution >= 4 is 20.9 Å². The Labute approximate surface area is 125 Å². The second-order valence-electron chi connectivity index (χ2n) is 5.22. The third-order valence-electron chi connectivity index (χ3n) is 3.34. The zero-order valence-corrected chi connectivity index (χ0v) is 12.8. The molecule has 2 N–H and O–H groups in total. The first kappa shape index (κ1) is 15.9. The molecule has 1 heterocycles. The van der Waals surface area contributed by atoms with Gasteiger partial charge in [0, 0.05) is 24.7 Å². The van der Waals surface area contributed by atoms with Crippen LogP contribution in [-0.2, 0) is 15.8 Å². The van der Waals surface area contributed by atoms with Crippen molar-refractivity contribution in [2.45, 2.75) is 19.1 Å². The Kier molecular flexibility index (Phi) is 5.27. The van der Waals surface area contributed by atoms with Crippen LogP contribution in [0.1, 0.15) is 18.9 Å². The van der Waals surface area contributed by atoms with Crippen LogP contribution in [0.4, 0.5) is 0 Å². The number of aliphatic hydroxyl groups is 1. The zero-order valence-electron chi connectivity index (χ0n) is 12.0. The quantitative estimate of drug-likeness (QED) is 0.815. The van der Waals surface area contributed by atoms with Gasteiger partial charge in [-0.1, -0.05) is 31.2 Å². The van der Waals surface area contributed by atoms with Crippen LogP contribution < -0.4 is 4.72 Å². The predicted octanol–water partition coefficient (Wildman–Crippen LogP) is 1.67. The lowest BCUT2D eigenvalue weighted by Crippen LogP contribution is -2.30. The molecule has 21 heavy (non-hydrogen) atoms. The Morgan fingerprint density at radius 1 is 1.29 bits per heavy atom. The van der Waals surface area contributed by atoms with Crippen molar-refractivity contribution in [2.24, 2.45) is 5.92 Å². The summed E-state index contributed by atoms with van der Waals surface area (Å²) in [6.45, 7) is 2.30. The van der Waals surface area contributed by atoms with Crippen molar-refractivity contribution in [1.29, 1.82) is 0 Å². The largest absolute Gasteiger partial charge is 0.396 e. The van der Waals surface area contributed by atoms with Crippen molar-refractivity contribution in [3.63, 3.8) is 0 Å². The van der Waals surface area contributed by atoms with Gasteiger partial charge >= 0.3 is 0 Å². The summed E-state index contributed by atoms with van der Waals surface area (Å²) in [4.78, 5) is 4.26. The molecule has 5 nitrogen and oxygen atoms in total. The van der Waals surface area contributed by atoms with Crippen molar-refractivity contribution < 1.29 is 13.5 Å². The topological polar surface area (TPSA) is 79.3 Å². The Morgan fingerprint density at radius 3 is 2.81 bits per heavy atom. The Balaban J connectivity index is 2.12. The van der Waals surface area contributed by atoms with Crippen LogP contribution in [0.15, 0.2) is 36.5 Å². The first-order valence-electron chi connectivity index (χ1n) is 6.92. The van der Waals surface area contributed by atoms with Crippen molar-refractivity contribution in [3.8, 4) is 0 Å². The Hall–Kier alpha value is -1.50. The lowest BCUT2D eigenvalue weighted by Gasteiger charge is -2.12. The number of fused-ring (bicyclic) bond motifs is 1. The molecule has 0 fully saturated rings. The molecule has 0 bridgehead atoms. The summed E-state index contributed by atoms with van der Waals surface area (Å²) >= 11 is 0. The molecule has 0 amide bonds. The number of aromatic nitrogens is 1. The molecular weight excluding hydrogens is 288 g/mol. The van der Waals surface area contributed by atoms with Gasteiger partial charge in [-0.2, -0.15) is 0 Å². The molecule has 6 heteroatoms. The SMILES string of the molecule is CC(CCO)CNS(=O)(=O)Cc1cccc2cccnc12. The van der Waals surface area contributed by atoms with E-state index in [-0.39, 0.29) is 18.3 Å². The highest BCUT2D eigenvalue weighted by molar-refractivity contribution is 7.88. The van der Waals surface area contributed by atoms with E-state index in [1.807, 2.05) is 31.2 Å². The minimum Gasteiger partial charge on any atom is -0.396 e. The number of para-hydroxylation sites is 1. The molecule has 0 aliphatic heterocycles.